The van der Waals surface area contributed by atoms with Gasteiger partial charge >= 0.3 is 0 Å². The van der Waals surface area contributed by atoms with Crippen LogP contribution >= 0.6 is 0 Å². The van der Waals surface area contributed by atoms with Crippen LogP contribution in [0.4, 0.5) is 5.69 Å². The monoisotopic (exact) mass is 153 g/mol. The largest absolute Gasteiger partial charge is 0.396 e. The van der Waals surface area contributed by atoms with Crippen molar-refractivity contribution in [2.45, 2.75) is 26.2 Å². The van der Waals surface area contributed by atoms with Gasteiger partial charge in [-0.25, -0.2) is 0 Å². The molecule has 0 fully saturated rings. The molecule has 2 N–H and O–H groups in total. The zero-order valence-corrected chi connectivity index (χ0v) is 7.17. The molecule has 0 amide bonds. The van der Waals surface area contributed by atoms with Crippen LogP contribution in [0.25, 0.3) is 0 Å². The molecule has 0 saturated heterocycles. The Bertz CT molecular complexity index is 208. The van der Waals surface area contributed by atoms with E-state index in [-0.39, 0.29) is 0 Å². The molecular formula is C8H15N3. The summed E-state index contributed by atoms with van der Waals surface area (Å²) < 4.78 is 1.85. The first-order valence-electron chi connectivity index (χ1n) is 4.02. The van der Waals surface area contributed by atoms with Crippen LogP contribution in [0.5, 0.6) is 0 Å². The van der Waals surface area contributed by atoms with Gasteiger partial charge in [-0.2, -0.15) is 5.10 Å². The standard InChI is InChI=1S/C8H15N3/c1-3-4-5-8-7(9)6-10-11(8)2/h6H,3-5,9H2,1-2H3. The fourth-order valence-electron chi connectivity index (χ4n) is 1.13. The fraction of sp³-hybridized carbons (Fsp3) is 0.625. The molecule has 1 rings (SSSR count). The number of aryl methyl sites for hydroxylation is 1. The maximum absolute atomic E-state index is 5.70. The van der Waals surface area contributed by atoms with Crippen LogP contribution in [0.2, 0.25) is 0 Å². The van der Waals surface area contributed by atoms with Crippen molar-refractivity contribution in [2.24, 2.45) is 7.05 Å². The zero-order valence-electron chi connectivity index (χ0n) is 7.17. The van der Waals surface area contributed by atoms with Gasteiger partial charge in [-0.05, 0) is 12.8 Å². The summed E-state index contributed by atoms with van der Waals surface area (Å²) in [5.74, 6) is 0. The highest BCUT2D eigenvalue weighted by Gasteiger charge is 2.02. The van der Waals surface area contributed by atoms with E-state index in [2.05, 4.69) is 12.0 Å². The van der Waals surface area contributed by atoms with Gasteiger partial charge in [-0.3, -0.25) is 4.68 Å². The summed E-state index contributed by atoms with van der Waals surface area (Å²) in [4.78, 5) is 0. The molecular weight excluding hydrogens is 138 g/mol. The van der Waals surface area contributed by atoms with E-state index in [1.807, 2.05) is 11.7 Å². The highest BCUT2D eigenvalue weighted by atomic mass is 15.3. The molecule has 1 aromatic heterocycles. The van der Waals surface area contributed by atoms with Gasteiger partial charge in [-0.1, -0.05) is 13.3 Å². The third-order valence-corrected chi connectivity index (χ3v) is 1.86. The van der Waals surface area contributed by atoms with Gasteiger partial charge in [0.05, 0.1) is 17.6 Å². The van der Waals surface area contributed by atoms with E-state index in [0.29, 0.717) is 0 Å². The lowest BCUT2D eigenvalue weighted by Gasteiger charge is -2.00. The third kappa shape index (κ3) is 1.73. The predicted molar refractivity (Wildman–Crippen MR) is 46.2 cm³/mol. The van der Waals surface area contributed by atoms with Crippen molar-refractivity contribution >= 4 is 5.69 Å². The van der Waals surface area contributed by atoms with E-state index in [1.54, 1.807) is 6.20 Å². The van der Waals surface area contributed by atoms with Crippen LogP contribution in [0.3, 0.4) is 0 Å². The van der Waals surface area contributed by atoms with Crippen LogP contribution in [-0.2, 0) is 13.5 Å². The Morgan fingerprint density at radius 3 is 2.82 bits per heavy atom. The molecule has 0 saturated carbocycles. The number of aromatic nitrogens is 2. The topological polar surface area (TPSA) is 43.8 Å². The van der Waals surface area contributed by atoms with E-state index < -0.39 is 0 Å². The third-order valence-electron chi connectivity index (χ3n) is 1.86. The number of anilines is 1. The average molecular weight is 153 g/mol. The maximum Gasteiger partial charge on any atom is 0.0732 e. The molecule has 0 aromatic carbocycles. The Kier molecular flexibility index (Phi) is 2.52. The van der Waals surface area contributed by atoms with Crippen LogP contribution in [0, 0.1) is 0 Å². The van der Waals surface area contributed by atoms with Crippen molar-refractivity contribution in [1.29, 1.82) is 0 Å². The Hall–Kier alpha value is -0.990. The van der Waals surface area contributed by atoms with Gasteiger partial charge in [0.25, 0.3) is 0 Å². The van der Waals surface area contributed by atoms with Crippen LogP contribution in [0.15, 0.2) is 6.20 Å². The summed E-state index contributed by atoms with van der Waals surface area (Å²) in [5.41, 5.74) is 7.68. The number of unbranched alkanes of at least 4 members (excludes halogenated alkanes) is 1. The molecule has 3 heteroatoms. The average Bonchev–Trinajstić information content (AvgIpc) is 2.29. The molecule has 0 aliphatic carbocycles. The number of hydrogen-bond donors (Lipinski definition) is 1. The first kappa shape index (κ1) is 8.11. The predicted octanol–water partition coefficient (Wildman–Crippen LogP) is 1.34. The number of rotatable bonds is 3. The Morgan fingerprint density at radius 2 is 2.36 bits per heavy atom. The van der Waals surface area contributed by atoms with Crippen molar-refractivity contribution in [2.75, 3.05) is 5.73 Å². The molecule has 0 unspecified atom stereocenters. The molecule has 1 heterocycles. The second-order valence-electron chi connectivity index (χ2n) is 2.77. The van der Waals surface area contributed by atoms with Gasteiger partial charge in [-0.15, -0.1) is 0 Å². The summed E-state index contributed by atoms with van der Waals surface area (Å²) in [7, 11) is 1.93. The highest BCUT2D eigenvalue weighted by Crippen LogP contribution is 2.11. The Morgan fingerprint density at radius 1 is 1.64 bits per heavy atom. The molecule has 11 heavy (non-hydrogen) atoms. The summed E-state index contributed by atoms with van der Waals surface area (Å²) in [5, 5.41) is 4.06. The first-order valence-corrected chi connectivity index (χ1v) is 4.02. The van der Waals surface area contributed by atoms with Gasteiger partial charge < -0.3 is 5.73 Å². The van der Waals surface area contributed by atoms with E-state index in [0.717, 1.165) is 17.8 Å². The highest BCUT2D eigenvalue weighted by molar-refractivity contribution is 5.40. The van der Waals surface area contributed by atoms with Crippen molar-refractivity contribution < 1.29 is 0 Å². The lowest BCUT2D eigenvalue weighted by molar-refractivity contribution is 0.677. The molecule has 0 radical (unpaired) electrons. The second-order valence-corrected chi connectivity index (χ2v) is 2.77. The Balaban J connectivity index is 2.67. The molecule has 62 valence electrons. The van der Waals surface area contributed by atoms with E-state index in [1.165, 1.54) is 12.8 Å². The minimum absolute atomic E-state index is 0.820. The first-order chi connectivity index (χ1) is 5.25. The zero-order chi connectivity index (χ0) is 8.27. The van der Waals surface area contributed by atoms with Crippen molar-refractivity contribution in [3.8, 4) is 0 Å². The summed E-state index contributed by atoms with van der Waals surface area (Å²) in [6, 6.07) is 0. The van der Waals surface area contributed by atoms with Crippen LogP contribution < -0.4 is 5.73 Å². The summed E-state index contributed by atoms with van der Waals surface area (Å²) in [6.07, 6.45) is 5.14. The smallest absolute Gasteiger partial charge is 0.0732 e. The minimum Gasteiger partial charge on any atom is -0.396 e. The van der Waals surface area contributed by atoms with Crippen LogP contribution in [-0.4, -0.2) is 9.78 Å². The SMILES string of the molecule is CCCCc1c(N)cnn1C. The number of nitrogens with two attached hydrogens (primary N) is 1. The van der Waals surface area contributed by atoms with Crippen LogP contribution in [0.1, 0.15) is 25.5 Å². The summed E-state index contributed by atoms with van der Waals surface area (Å²) >= 11 is 0. The number of nitrogens with zero attached hydrogens (tertiary/aromatic N) is 2. The normalized spacial score (nSPS) is 10.4. The lowest BCUT2D eigenvalue weighted by Crippen LogP contribution is -2.00. The molecule has 1 aromatic rings. The minimum atomic E-state index is 0.820. The van der Waals surface area contributed by atoms with Crippen molar-refractivity contribution in [3.05, 3.63) is 11.9 Å². The van der Waals surface area contributed by atoms with E-state index in [4.69, 9.17) is 5.73 Å². The van der Waals surface area contributed by atoms with E-state index >= 15 is 0 Å². The van der Waals surface area contributed by atoms with Gasteiger partial charge in [0.1, 0.15) is 0 Å². The molecule has 0 bridgehead atoms. The number of hydrogen-bond acceptors (Lipinski definition) is 2. The molecule has 0 aliphatic heterocycles. The maximum atomic E-state index is 5.70. The van der Waals surface area contributed by atoms with E-state index in [9.17, 15) is 0 Å². The fourth-order valence-corrected chi connectivity index (χ4v) is 1.13. The Labute approximate surface area is 67.2 Å². The van der Waals surface area contributed by atoms with Gasteiger partial charge in [0.15, 0.2) is 0 Å². The van der Waals surface area contributed by atoms with Crippen molar-refractivity contribution in [3.63, 3.8) is 0 Å². The molecule has 3 nitrogen and oxygen atoms in total. The quantitative estimate of drug-likeness (QED) is 0.712. The van der Waals surface area contributed by atoms with Gasteiger partial charge in [0.2, 0.25) is 0 Å². The lowest BCUT2D eigenvalue weighted by atomic mass is 10.2. The summed E-state index contributed by atoms with van der Waals surface area (Å²) in [6.45, 7) is 2.17. The molecule has 0 spiro atoms. The van der Waals surface area contributed by atoms with Crippen molar-refractivity contribution in [1.82, 2.24) is 9.78 Å². The molecule has 0 atom stereocenters. The molecule has 0 aliphatic rings. The van der Waals surface area contributed by atoms with Gasteiger partial charge in [0, 0.05) is 7.05 Å². The number of nitrogen functional groups attached to an aromatic ring is 1. The second kappa shape index (κ2) is 3.42.